The van der Waals surface area contributed by atoms with E-state index < -0.39 is 17.1 Å². The molecule has 1 atom stereocenters. The van der Waals surface area contributed by atoms with E-state index in [4.69, 9.17) is 4.74 Å². The monoisotopic (exact) mass is 256 g/mol. The summed E-state index contributed by atoms with van der Waals surface area (Å²) in [4.78, 5) is 12.0. The minimum Gasteiger partial charge on any atom is -0.460 e. The number of hydrogen-bond donors (Lipinski definition) is 1. The van der Waals surface area contributed by atoms with Crippen LogP contribution >= 0.6 is 0 Å². The maximum absolute atomic E-state index is 12.0. The zero-order valence-electron chi connectivity index (χ0n) is 12.5. The molecule has 106 valence electrons. The Hall–Kier alpha value is -0.570. The number of ether oxygens (including phenoxy) is 1. The summed E-state index contributed by atoms with van der Waals surface area (Å²) in [6.45, 7) is 9.55. The summed E-state index contributed by atoms with van der Waals surface area (Å²) >= 11 is 0. The van der Waals surface area contributed by atoms with E-state index in [9.17, 15) is 9.90 Å². The van der Waals surface area contributed by atoms with Crippen molar-refractivity contribution >= 4 is 5.97 Å². The first-order valence-electron chi connectivity index (χ1n) is 7.13. The van der Waals surface area contributed by atoms with Crippen LogP contribution in [0.15, 0.2) is 0 Å². The summed E-state index contributed by atoms with van der Waals surface area (Å²) in [5.41, 5.74) is -1.35. The largest absolute Gasteiger partial charge is 0.460 e. The van der Waals surface area contributed by atoms with E-state index in [1.807, 2.05) is 20.8 Å². The number of aliphatic hydroxyl groups is 1. The molecule has 1 unspecified atom stereocenters. The van der Waals surface area contributed by atoms with Crippen LogP contribution in [0, 0.1) is 11.8 Å². The van der Waals surface area contributed by atoms with Gasteiger partial charge in [0.05, 0.1) is 11.5 Å². The lowest BCUT2D eigenvalue weighted by Crippen LogP contribution is -2.45. The smallest absolute Gasteiger partial charge is 0.312 e. The van der Waals surface area contributed by atoms with Gasteiger partial charge >= 0.3 is 5.97 Å². The average Bonchev–Trinajstić information content (AvgIpc) is 2.27. The fourth-order valence-electron chi connectivity index (χ4n) is 2.63. The zero-order valence-corrected chi connectivity index (χ0v) is 12.5. The van der Waals surface area contributed by atoms with E-state index in [1.54, 1.807) is 6.92 Å². The molecule has 3 heteroatoms. The van der Waals surface area contributed by atoms with Gasteiger partial charge in [0.1, 0.15) is 5.60 Å². The maximum Gasteiger partial charge on any atom is 0.312 e. The minimum atomic E-state index is -0.867. The summed E-state index contributed by atoms with van der Waals surface area (Å²) < 4.78 is 5.37. The molecule has 1 aliphatic carbocycles. The number of carbonyl (C=O) groups is 1. The van der Waals surface area contributed by atoms with Crippen LogP contribution in [0.1, 0.15) is 66.7 Å². The molecule has 18 heavy (non-hydrogen) atoms. The average molecular weight is 256 g/mol. The van der Waals surface area contributed by atoms with Crippen molar-refractivity contribution < 1.29 is 14.6 Å². The lowest BCUT2D eigenvalue weighted by Gasteiger charge is -2.39. The molecule has 1 saturated carbocycles. The number of hydrogen-bond acceptors (Lipinski definition) is 3. The van der Waals surface area contributed by atoms with Crippen LogP contribution in [0.4, 0.5) is 0 Å². The predicted molar refractivity (Wildman–Crippen MR) is 72.2 cm³/mol. The first kappa shape index (κ1) is 15.5. The Labute approximate surface area is 111 Å². The molecule has 0 bridgehead atoms. The van der Waals surface area contributed by atoms with Crippen LogP contribution < -0.4 is 0 Å². The third kappa shape index (κ3) is 3.98. The summed E-state index contributed by atoms with van der Waals surface area (Å²) in [5, 5.41) is 10.6. The highest BCUT2D eigenvalue weighted by molar-refractivity contribution is 5.73. The minimum absolute atomic E-state index is 0.278. The SMILES string of the molecule is CCC1CCC(O)(C(C)C(=O)OC(C)(C)C)CC1. The molecule has 0 aliphatic heterocycles. The molecule has 1 rings (SSSR count). The van der Waals surface area contributed by atoms with E-state index in [-0.39, 0.29) is 5.97 Å². The Morgan fingerprint density at radius 2 is 1.89 bits per heavy atom. The van der Waals surface area contributed by atoms with Gasteiger partial charge in [0.25, 0.3) is 0 Å². The van der Waals surface area contributed by atoms with E-state index in [2.05, 4.69) is 6.92 Å². The molecule has 0 aromatic carbocycles. The molecule has 1 fully saturated rings. The molecule has 0 spiro atoms. The lowest BCUT2D eigenvalue weighted by molar-refractivity contribution is -0.171. The second-order valence-electron chi connectivity index (χ2n) is 6.71. The van der Waals surface area contributed by atoms with Crippen LogP contribution in [-0.4, -0.2) is 22.3 Å². The summed E-state index contributed by atoms with van der Waals surface area (Å²) in [6.07, 6.45) is 4.62. The van der Waals surface area contributed by atoms with Gasteiger partial charge in [0.15, 0.2) is 0 Å². The number of rotatable bonds is 3. The maximum atomic E-state index is 12.0. The van der Waals surface area contributed by atoms with Crippen LogP contribution in [0.2, 0.25) is 0 Å². The standard InChI is InChI=1S/C15H28O3/c1-6-12-7-9-15(17,10-8-12)11(2)13(16)18-14(3,4)5/h11-12,17H,6-10H2,1-5H3. The second-order valence-corrected chi connectivity index (χ2v) is 6.71. The van der Waals surface area contributed by atoms with Gasteiger partial charge in [-0.2, -0.15) is 0 Å². The van der Waals surface area contributed by atoms with Crippen molar-refractivity contribution in [3.63, 3.8) is 0 Å². The molecule has 0 aromatic rings. The quantitative estimate of drug-likeness (QED) is 0.788. The van der Waals surface area contributed by atoms with Gasteiger partial charge in [-0.3, -0.25) is 4.79 Å². The molecule has 0 aromatic heterocycles. The first-order valence-corrected chi connectivity index (χ1v) is 7.13. The Kier molecular flexibility index (Phi) is 4.82. The summed E-state index contributed by atoms with van der Waals surface area (Å²) in [6, 6.07) is 0. The highest BCUT2D eigenvalue weighted by atomic mass is 16.6. The van der Waals surface area contributed by atoms with Gasteiger partial charge < -0.3 is 9.84 Å². The summed E-state index contributed by atoms with van der Waals surface area (Å²) in [7, 11) is 0. The van der Waals surface area contributed by atoms with Gasteiger partial charge in [0, 0.05) is 0 Å². The Morgan fingerprint density at radius 3 is 2.28 bits per heavy atom. The van der Waals surface area contributed by atoms with Crippen molar-refractivity contribution in [3.05, 3.63) is 0 Å². The third-order valence-corrected chi connectivity index (χ3v) is 4.11. The highest BCUT2D eigenvalue weighted by Gasteiger charge is 2.42. The molecule has 0 heterocycles. The molecular weight excluding hydrogens is 228 g/mol. The topological polar surface area (TPSA) is 46.5 Å². The van der Waals surface area contributed by atoms with Gasteiger partial charge in [-0.05, 0) is 59.3 Å². The van der Waals surface area contributed by atoms with Crippen LogP contribution in [0.3, 0.4) is 0 Å². The molecule has 1 aliphatic rings. The molecular formula is C15H28O3. The second kappa shape index (κ2) is 5.60. The molecule has 0 radical (unpaired) electrons. The predicted octanol–water partition coefficient (Wildman–Crippen LogP) is 3.30. The first-order chi connectivity index (χ1) is 8.18. The molecule has 1 N–H and O–H groups in total. The van der Waals surface area contributed by atoms with Gasteiger partial charge in [-0.15, -0.1) is 0 Å². The van der Waals surface area contributed by atoms with Crippen LogP contribution in [0.25, 0.3) is 0 Å². The van der Waals surface area contributed by atoms with Crippen molar-refractivity contribution in [1.29, 1.82) is 0 Å². The van der Waals surface area contributed by atoms with Crippen molar-refractivity contribution in [2.75, 3.05) is 0 Å². The highest BCUT2D eigenvalue weighted by Crippen LogP contribution is 2.39. The van der Waals surface area contributed by atoms with Crippen molar-refractivity contribution in [1.82, 2.24) is 0 Å². The summed E-state index contributed by atoms with van der Waals surface area (Å²) in [5.74, 6) is -0.00871. The van der Waals surface area contributed by atoms with E-state index in [1.165, 1.54) is 0 Å². The normalized spacial score (nSPS) is 30.9. The van der Waals surface area contributed by atoms with Gasteiger partial charge in [-0.1, -0.05) is 13.3 Å². The lowest BCUT2D eigenvalue weighted by atomic mass is 9.72. The van der Waals surface area contributed by atoms with E-state index in [0.717, 1.165) is 19.3 Å². The van der Waals surface area contributed by atoms with E-state index >= 15 is 0 Å². The Balaban J connectivity index is 2.60. The molecule has 3 nitrogen and oxygen atoms in total. The fraction of sp³-hybridized carbons (Fsp3) is 0.933. The number of esters is 1. The van der Waals surface area contributed by atoms with Gasteiger partial charge in [-0.25, -0.2) is 0 Å². The van der Waals surface area contributed by atoms with Crippen LogP contribution in [0.5, 0.6) is 0 Å². The van der Waals surface area contributed by atoms with Crippen LogP contribution in [-0.2, 0) is 9.53 Å². The van der Waals surface area contributed by atoms with Crippen molar-refractivity contribution in [2.45, 2.75) is 77.9 Å². The Bertz CT molecular complexity index is 283. The zero-order chi connectivity index (χ0) is 14.0. The van der Waals surface area contributed by atoms with Crippen molar-refractivity contribution in [2.24, 2.45) is 11.8 Å². The molecule has 0 saturated heterocycles. The molecule has 0 amide bonds. The fourth-order valence-corrected chi connectivity index (χ4v) is 2.63. The third-order valence-electron chi connectivity index (χ3n) is 4.11. The Morgan fingerprint density at radius 1 is 1.39 bits per heavy atom. The van der Waals surface area contributed by atoms with Gasteiger partial charge in [0.2, 0.25) is 0 Å². The number of carbonyl (C=O) groups excluding carboxylic acids is 1. The van der Waals surface area contributed by atoms with E-state index in [0.29, 0.717) is 18.8 Å². The van der Waals surface area contributed by atoms with Crippen molar-refractivity contribution in [3.8, 4) is 0 Å².